The Labute approximate surface area is 123 Å². The van der Waals surface area contributed by atoms with Crippen molar-refractivity contribution < 1.29 is 5.11 Å². The summed E-state index contributed by atoms with van der Waals surface area (Å²) in [5.41, 5.74) is 10.2. The van der Waals surface area contributed by atoms with Gasteiger partial charge in [-0.1, -0.05) is 12.1 Å². The molecule has 0 bridgehead atoms. The van der Waals surface area contributed by atoms with Crippen LogP contribution in [0, 0.1) is 0 Å². The molecule has 0 spiro atoms. The molecule has 0 aliphatic carbocycles. The first-order valence-electron chi connectivity index (χ1n) is 6.76. The number of nitrogen functional groups attached to an aromatic ring is 1. The van der Waals surface area contributed by atoms with Gasteiger partial charge in [0, 0.05) is 19.8 Å². The van der Waals surface area contributed by atoms with Gasteiger partial charge in [-0.25, -0.2) is 4.98 Å². The molecule has 0 aliphatic heterocycles. The number of nitrogens with zero attached hydrogens (tertiary/aromatic N) is 3. The highest BCUT2D eigenvalue weighted by Crippen LogP contribution is 2.29. The number of aromatic nitrogens is 2. The smallest absolute Gasteiger partial charge is 0.140 e. The Bertz CT molecular complexity index is 792. The lowest BCUT2D eigenvalue weighted by Crippen LogP contribution is -2.13. The van der Waals surface area contributed by atoms with Crippen molar-refractivity contribution in [1.82, 2.24) is 9.55 Å². The molecule has 3 rings (SSSR count). The van der Waals surface area contributed by atoms with Crippen molar-refractivity contribution in [2.45, 2.75) is 6.61 Å². The van der Waals surface area contributed by atoms with Crippen LogP contribution in [0.15, 0.2) is 42.5 Å². The molecular weight excluding hydrogens is 264 g/mol. The van der Waals surface area contributed by atoms with Gasteiger partial charge in [0.25, 0.3) is 0 Å². The van der Waals surface area contributed by atoms with E-state index in [4.69, 9.17) is 5.73 Å². The van der Waals surface area contributed by atoms with E-state index in [1.807, 2.05) is 66.0 Å². The van der Waals surface area contributed by atoms with E-state index in [0.717, 1.165) is 22.4 Å². The maximum atomic E-state index is 9.65. The standard InChI is InChI=1S/C16H18N4O/c1-19(2)14-5-3-4-6-15(14)20-13-8-7-11(17)9-12(13)18-16(20)10-21/h3-9,21H,10,17H2,1-2H3. The Morgan fingerprint density at radius 3 is 2.67 bits per heavy atom. The van der Waals surface area contributed by atoms with E-state index in [1.54, 1.807) is 0 Å². The fourth-order valence-electron chi connectivity index (χ4n) is 2.55. The van der Waals surface area contributed by atoms with Gasteiger partial charge in [-0.2, -0.15) is 0 Å². The molecule has 1 heterocycles. The Hall–Kier alpha value is -2.53. The lowest BCUT2D eigenvalue weighted by molar-refractivity contribution is 0.270. The molecule has 0 unspecified atom stereocenters. The summed E-state index contributed by atoms with van der Waals surface area (Å²) in [6.45, 7) is -0.129. The fraction of sp³-hybridized carbons (Fsp3) is 0.188. The van der Waals surface area contributed by atoms with Gasteiger partial charge in [-0.05, 0) is 30.3 Å². The number of nitrogens with two attached hydrogens (primary N) is 1. The fourth-order valence-corrected chi connectivity index (χ4v) is 2.55. The molecule has 0 fully saturated rings. The highest BCUT2D eigenvalue weighted by atomic mass is 16.3. The molecule has 3 N–H and O–H groups in total. The molecule has 0 aliphatic rings. The van der Waals surface area contributed by atoms with Crippen LogP contribution < -0.4 is 10.6 Å². The first kappa shape index (κ1) is 13.5. The van der Waals surface area contributed by atoms with Gasteiger partial charge in [-0.15, -0.1) is 0 Å². The Kier molecular flexibility index (Phi) is 3.27. The average Bonchev–Trinajstić information content (AvgIpc) is 2.84. The minimum atomic E-state index is -0.129. The molecule has 5 heteroatoms. The van der Waals surface area contributed by atoms with Gasteiger partial charge in [0.15, 0.2) is 0 Å². The second-order valence-corrected chi connectivity index (χ2v) is 5.15. The van der Waals surface area contributed by atoms with Gasteiger partial charge < -0.3 is 15.7 Å². The number of hydrogen-bond donors (Lipinski definition) is 2. The molecule has 21 heavy (non-hydrogen) atoms. The van der Waals surface area contributed by atoms with Crippen molar-refractivity contribution in [3.05, 3.63) is 48.3 Å². The van der Waals surface area contributed by atoms with Crippen LogP contribution in [0.1, 0.15) is 5.82 Å². The molecule has 0 amide bonds. The molecule has 5 nitrogen and oxygen atoms in total. The maximum absolute atomic E-state index is 9.65. The number of imidazole rings is 1. The topological polar surface area (TPSA) is 67.3 Å². The summed E-state index contributed by atoms with van der Waals surface area (Å²) in [5.74, 6) is 0.602. The number of hydrogen-bond acceptors (Lipinski definition) is 4. The normalized spacial score (nSPS) is 11.0. The van der Waals surface area contributed by atoms with Gasteiger partial charge in [-0.3, -0.25) is 4.57 Å². The summed E-state index contributed by atoms with van der Waals surface area (Å²) < 4.78 is 1.98. The third-order valence-corrected chi connectivity index (χ3v) is 3.49. The highest BCUT2D eigenvalue weighted by molar-refractivity contribution is 5.83. The largest absolute Gasteiger partial charge is 0.399 e. The van der Waals surface area contributed by atoms with Crippen LogP contribution in [0.2, 0.25) is 0 Å². The Morgan fingerprint density at radius 2 is 1.95 bits per heavy atom. The van der Waals surface area contributed by atoms with Crippen LogP contribution in [0.25, 0.3) is 16.7 Å². The van der Waals surface area contributed by atoms with Crippen LogP contribution in [-0.4, -0.2) is 28.8 Å². The first-order valence-corrected chi connectivity index (χ1v) is 6.76. The van der Waals surface area contributed by atoms with E-state index in [-0.39, 0.29) is 6.61 Å². The van der Waals surface area contributed by atoms with E-state index >= 15 is 0 Å². The number of benzene rings is 2. The number of anilines is 2. The molecule has 0 saturated carbocycles. The van der Waals surface area contributed by atoms with E-state index in [9.17, 15) is 5.11 Å². The summed E-state index contributed by atoms with van der Waals surface area (Å²) in [6, 6.07) is 13.6. The zero-order valence-corrected chi connectivity index (χ0v) is 12.1. The van der Waals surface area contributed by atoms with Gasteiger partial charge >= 0.3 is 0 Å². The third-order valence-electron chi connectivity index (χ3n) is 3.49. The number of rotatable bonds is 3. The summed E-state index contributed by atoms with van der Waals surface area (Å²) in [6.07, 6.45) is 0. The van der Waals surface area contributed by atoms with Crippen molar-refractivity contribution in [2.75, 3.05) is 24.7 Å². The van der Waals surface area contributed by atoms with Gasteiger partial charge in [0.1, 0.15) is 12.4 Å². The van der Waals surface area contributed by atoms with Crippen molar-refractivity contribution in [3.8, 4) is 5.69 Å². The van der Waals surface area contributed by atoms with Crippen molar-refractivity contribution in [1.29, 1.82) is 0 Å². The Balaban J connectivity index is 2.34. The number of aliphatic hydroxyl groups excluding tert-OH is 1. The van der Waals surface area contributed by atoms with Gasteiger partial charge in [0.2, 0.25) is 0 Å². The van der Waals surface area contributed by atoms with Crippen molar-refractivity contribution >= 4 is 22.4 Å². The molecule has 0 atom stereocenters. The van der Waals surface area contributed by atoms with E-state index in [1.165, 1.54) is 0 Å². The summed E-state index contributed by atoms with van der Waals surface area (Å²) in [7, 11) is 3.99. The molecule has 0 radical (unpaired) electrons. The molecule has 0 saturated heterocycles. The number of para-hydroxylation sites is 2. The zero-order valence-electron chi connectivity index (χ0n) is 12.1. The van der Waals surface area contributed by atoms with Crippen LogP contribution in [0.5, 0.6) is 0 Å². The predicted molar refractivity (Wildman–Crippen MR) is 85.7 cm³/mol. The van der Waals surface area contributed by atoms with E-state index < -0.39 is 0 Å². The minimum Gasteiger partial charge on any atom is -0.399 e. The van der Waals surface area contributed by atoms with E-state index in [0.29, 0.717) is 11.5 Å². The first-order chi connectivity index (χ1) is 10.1. The molecule has 108 valence electrons. The SMILES string of the molecule is CN(C)c1ccccc1-n1c(CO)nc2cc(N)ccc21. The minimum absolute atomic E-state index is 0.129. The second kappa shape index (κ2) is 5.10. The summed E-state index contributed by atoms with van der Waals surface area (Å²) in [4.78, 5) is 6.52. The molecule has 2 aromatic carbocycles. The maximum Gasteiger partial charge on any atom is 0.140 e. The van der Waals surface area contributed by atoms with Crippen LogP contribution in [0.3, 0.4) is 0 Å². The van der Waals surface area contributed by atoms with E-state index in [2.05, 4.69) is 4.98 Å². The summed E-state index contributed by atoms with van der Waals surface area (Å²) in [5, 5.41) is 9.65. The lowest BCUT2D eigenvalue weighted by Gasteiger charge is -2.19. The monoisotopic (exact) mass is 282 g/mol. The van der Waals surface area contributed by atoms with Crippen molar-refractivity contribution in [2.24, 2.45) is 0 Å². The summed E-state index contributed by atoms with van der Waals surface area (Å²) >= 11 is 0. The zero-order chi connectivity index (χ0) is 15.0. The lowest BCUT2D eigenvalue weighted by atomic mass is 10.2. The quantitative estimate of drug-likeness (QED) is 0.722. The van der Waals surface area contributed by atoms with Crippen molar-refractivity contribution in [3.63, 3.8) is 0 Å². The third kappa shape index (κ3) is 2.21. The van der Waals surface area contributed by atoms with Crippen LogP contribution in [-0.2, 0) is 6.61 Å². The van der Waals surface area contributed by atoms with Crippen LogP contribution in [0.4, 0.5) is 11.4 Å². The molecular formula is C16H18N4O. The average molecular weight is 282 g/mol. The number of fused-ring (bicyclic) bond motifs is 1. The Morgan fingerprint density at radius 1 is 1.19 bits per heavy atom. The van der Waals surface area contributed by atoms with Gasteiger partial charge in [0.05, 0.1) is 22.4 Å². The highest BCUT2D eigenvalue weighted by Gasteiger charge is 2.15. The molecule has 1 aromatic heterocycles. The number of aliphatic hydroxyl groups is 1. The van der Waals surface area contributed by atoms with Crippen LogP contribution >= 0.6 is 0 Å². The molecule has 3 aromatic rings. The second-order valence-electron chi connectivity index (χ2n) is 5.15. The predicted octanol–water partition coefficient (Wildman–Crippen LogP) is 2.17.